The molecule has 20 heavy (non-hydrogen) atoms. The van der Waals surface area contributed by atoms with Crippen LogP contribution >= 0.6 is 0 Å². The number of aromatic amines is 1. The third kappa shape index (κ3) is 3.00. The molecule has 1 aromatic carbocycles. The fourth-order valence-electron chi connectivity index (χ4n) is 1.93. The van der Waals surface area contributed by atoms with Crippen LogP contribution in [0.3, 0.4) is 0 Å². The maximum Gasteiger partial charge on any atom is 0.257 e. The van der Waals surface area contributed by atoms with Gasteiger partial charge in [-0.15, -0.1) is 0 Å². The molecule has 5 nitrogen and oxygen atoms in total. The standard InChI is InChI=1S/C15H17N3O2/c1-9(16)6-10(2)17-14-8-11-7-12(20-3)4-5-13(11)15(19)18-14/h4-8H,2,16H2,1,3H3,(H2,17,18,19)/b9-6-. The van der Waals surface area contributed by atoms with Crippen molar-refractivity contribution in [2.45, 2.75) is 6.92 Å². The van der Waals surface area contributed by atoms with E-state index in [4.69, 9.17) is 10.5 Å². The topological polar surface area (TPSA) is 80.1 Å². The third-order valence-corrected chi connectivity index (χ3v) is 2.75. The Bertz CT molecular complexity index is 740. The van der Waals surface area contributed by atoms with Gasteiger partial charge in [-0.05, 0) is 42.7 Å². The van der Waals surface area contributed by atoms with Gasteiger partial charge in [0.1, 0.15) is 11.6 Å². The molecule has 1 heterocycles. The van der Waals surface area contributed by atoms with Crippen LogP contribution in [0.2, 0.25) is 0 Å². The molecule has 0 radical (unpaired) electrons. The first-order valence-electron chi connectivity index (χ1n) is 6.10. The average Bonchev–Trinajstić information content (AvgIpc) is 2.36. The lowest BCUT2D eigenvalue weighted by atomic mass is 10.1. The number of aromatic nitrogens is 1. The molecule has 0 aliphatic heterocycles. The predicted molar refractivity (Wildman–Crippen MR) is 81.8 cm³/mol. The van der Waals surface area contributed by atoms with Crippen molar-refractivity contribution in [3.8, 4) is 5.75 Å². The Hall–Kier alpha value is -2.69. The van der Waals surface area contributed by atoms with Crippen LogP contribution in [0.5, 0.6) is 5.75 Å². The lowest BCUT2D eigenvalue weighted by molar-refractivity contribution is 0.415. The van der Waals surface area contributed by atoms with Crippen LogP contribution in [0.25, 0.3) is 10.8 Å². The van der Waals surface area contributed by atoms with E-state index < -0.39 is 0 Å². The van der Waals surface area contributed by atoms with E-state index in [1.165, 1.54) is 0 Å². The van der Waals surface area contributed by atoms with Crippen molar-refractivity contribution in [3.05, 3.63) is 58.7 Å². The van der Waals surface area contributed by atoms with Crippen LogP contribution in [-0.2, 0) is 0 Å². The Morgan fingerprint density at radius 3 is 2.85 bits per heavy atom. The van der Waals surface area contributed by atoms with Crippen molar-refractivity contribution in [2.75, 3.05) is 12.4 Å². The van der Waals surface area contributed by atoms with Gasteiger partial charge in [0.05, 0.1) is 7.11 Å². The quantitative estimate of drug-likeness (QED) is 0.745. The minimum atomic E-state index is -0.172. The number of H-pyrrole nitrogens is 1. The van der Waals surface area contributed by atoms with Gasteiger partial charge in [0, 0.05) is 16.8 Å². The van der Waals surface area contributed by atoms with Crippen molar-refractivity contribution >= 4 is 16.6 Å². The maximum absolute atomic E-state index is 12.0. The van der Waals surface area contributed by atoms with E-state index in [-0.39, 0.29) is 5.56 Å². The number of ether oxygens (including phenoxy) is 1. The van der Waals surface area contributed by atoms with Gasteiger partial charge in [0.25, 0.3) is 5.56 Å². The molecule has 0 fully saturated rings. The first-order valence-corrected chi connectivity index (χ1v) is 6.10. The fraction of sp³-hybridized carbons (Fsp3) is 0.133. The number of allylic oxidation sites excluding steroid dienone is 2. The number of pyridine rings is 1. The smallest absolute Gasteiger partial charge is 0.257 e. The Kier molecular flexibility index (Phi) is 3.79. The van der Waals surface area contributed by atoms with Crippen LogP contribution in [-0.4, -0.2) is 12.1 Å². The Balaban J connectivity index is 2.43. The molecule has 0 unspecified atom stereocenters. The van der Waals surface area contributed by atoms with Crippen LogP contribution in [0.1, 0.15) is 6.92 Å². The van der Waals surface area contributed by atoms with E-state index in [0.717, 1.165) is 5.39 Å². The van der Waals surface area contributed by atoms with E-state index >= 15 is 0 Å². The van der Waals surface area contributed by atoms with E-state index in [1.54, 1.807) is 32.2 Å². The van der Waals surface area contributed by atoms with Crippen LogP contribution < -0.4 is 21.3 Å². The van der Waals surface area contributed by atoms with Gasteiger partial charge in [0.15, 0.2) is 0 Å². The molecule has 0 aliphatic rings. The summed E-state index contributed by atoms with van der Waals surface area (Å²) < 4.78 is 5.16. The summed E-state index contributed by atoms with van der Waals surface area (Å²) in [6, 6.07) is 7.12. The summed E-state index contributed by atoms with van der Waals surface area (Å²) in [7, 11) is 1.59. The number of fused-ring (bicyclic) bond motifs is 1. The highest BCUT2D eigenvalue weighted by molar-refractivity contribution is 5.85. The van der Waals surface area contributed by atoms with Crippen molar-refractivity contribution in [2.24, 2.45) is 5.73 Å². The molecule has 2 rings (SSSR count). The molecule has 0 amide bonds. The highest BCUT2D eigenvalue weighted by Gasteiger charge is 2.04. The molecule has 0 spiro atoms. The number of rotatable bonds is 4. The first-order chi connectivity index (χ1) is 9.49. The first kappa shape index (κ1) is 13.7. The molecule has 0 saturated heterocycles. The van der Waals surface area contributed by atoms with Gasteiger partial charge in [-0.1, -0.05) is 6.58 Å². The van der Waals surface area contributed by atoms with Crippen molar-refractivity contribution in [1.82, 2.24) is 4.98 Å². The van der Waals surface area contributed by atoms with Gasteiger partial charge in [0.2, 0.25) is 0 Å². The molecule has 0 saturated carbocycles. The SMILES string of the molecule is C=C(/C=C(/C)N)Nc1cc2cc(OC)ccc2c(=O)[nH]1. The number of benzene rings is 1. The van der Waals surface area contributed by atoms with Gasteiger partial charge >= 0.3 is 0 Å². The largest absolute Gasteiger partial charge is 0.497 e. The average molecular weight is 271 g/mol. The molecule has 5 heteroatoms. The summed E-state index contributed by atoms with van der Waals surface area (Å²) in [6.07, 6.45) is 1.69. The number of hydrogen-bond acceptors (Lipinski definition) is 4. The summed E-state index contributed by atoms with van der Waals surface area (Å²) in [5.41, 5.74) is 6.64. The minimum absolute atomic E-state index is 0.172. The molecule has 0 bridgehead atoms. The summed E-state index contributed by atoms with van der Waals surface area (Å²) in [4.78, 5) is 14.8. The summed E-state index contributed by atoms with van der Waals surface area (Å²) in [6.45, 7) is 5.58. The van der Waals surface area contributed by atoms with Crippen LogP contribution in [0.15, 0.2) is 53.1 Å². The van der Waals surface area contributed by atoms with Crippen LogP contribution in [0, 0.1) is 0 Å². The lowest BCUT2D eigenvalue weighted by Gasteiger charge is -2.08. The van der Waals surface area contributed by atoms with Crippen molar-refractivity contribution in [1.29, 1.82) is 0 Å². The maximum atomic E-state index is 12.0. The van der Waals surface area contributed by atoms with E-state index in [1.807, 2.05) is 12.1 Å². The highest BCUT2D eigenvalue weighted by Crippen LogP contribution is 2.20. The van der Waals surface area contributed by atoms with E-state index in [9.17, 15) is 4.79 Å². The molecule has 4 N–H and O–H groups in total. The zero-order valence-corrected chi connectivity index (χ0v) is 11.5. The van der Waals surface area contributed by atoms with Crippen molar-refractivity contribution < 1.29 is 4.74 Å². The number of nitrogens with two attached hydrogens (primary N) is 1. The number of hydrogen-bond donors (Lipinski definition) is 3. The second-order valence-electron chi connectivity index (χ2n) is 4.50. The second kappa shape index (κ2) is 5.52. The molecule has 2 aromatic rings. The highest BCUT2D eigenvalue weighted by atomic mass is 16.5. The van der Waals surface area contributed by atoms with E-state index in [2.05, 4.69) is 16.9 Å². The Morgan fingerprint density at radius 2 is 2.20 bits per heavy atom. The molecule has 0 atom stereocenters. The van der Waals surface area contributed by atoms with Gasteiger partial charge < -0.3 is 20.8 Å². The number of nitrogens with one attached hydrogen (secondary N) is 2. The molecule has 104 valence electrons. The third-order valence-electron chi connectivity index (χ3n) is 2.75. The van der Waals surface area contributed by atoms with Crippen LogP contribution in [0.4, 0.5) is 5.82 Å². The summed E-state index contributed by atoms with van der Waals surface area (Å²) in [5.74, 6) is 1.25. The summed E-state index contributed by atoms with van der Waals surface area (Å²) >= 11 is 0. The second-order valence-corrected chi connectivity index (χ2v) is 4.50. The fourth-order valence-corrected chi connectivity index (χ4v) is 1.93. The zero-order chi connectivity index (χ0) is 14.7. The number of anilines is 1. The monoisotopic (exact) mass is 271 g/mol. The van der Waals surface area contributed by atoms with Gasteiger partial charge in [-0.3, -0.25) is 4.79 Å². The number of methoxy groups -OCH3 is 1. The minimum Gasteiger partial charge on any atom is -0.497 e. The van der Waals surface area contributed by atoms with E-state index in [0.29, 0.717) is 28.3 Å². The Morgan fingerprint density at radius 1 is 1.45 bits per heavy atom. The Labute approximate surface area is 116 Å². The van der Waals surface area contributed by atoms with Gasteiger partial charge in [-0.25, -0.2) is 0 Å². The zero-order valence-electron chi connectivity index (χ0n) is 11.5. The van der Waals surface area contributed by atoms with Gasteiger partial charge in [-0.2, -0.15) is 0 Å². The molecule has 1 aromatic heterocycles. The van der Waals surface area contributed by atoms with Crippen molar-refractivity contribution in [3.63, 3.8) is 0 Å². The predicted octanol–water partition coefficient (Wildman–Crippen LogP) is 2.32. The lowest BCUT2D eigenvalue weighted by Crippen LogP contribution is -2.10. The normalized spacial score (nSPS) is 11.4. The molecule has 0 aliphatic carbocycles. The summed E-state index contributed by atoms with van der Waals surface area (Å²) in [5, 5.41) is 4.39. The molecular formula is C15H17N3O2. The molecular weight excluding hydrogens is 254 g/mol.